The summed E-state index contributed by atoms with van der Waals surface area (Å²) in [4.78, 5) is 10.8. The number of hydrogen-bond donors (Lipinski definition) is 1. The van der Waals surface area contributed by atoms with E-state index in [2.05, 4.69) is 32.0 Å². The molecule has 1 radical (unpaired) electrons. The van der Waals surface area contributed by atoms with Crippen LogP contribution >= 0.6 is 0 Å². The molecule has 0 amide bonds. The quantitative estimate of drug-likeness (QED) is 0.731. The van der Waals surface area contributed by atoms with E-state index in [-0.39, 0.29) is 26.4 Å². The first-order chi connectivity index (χ1) is 8.74. The van der Waals surface area contributed by atoms with Gasteiger partial charge in [0.25, 0.3) is 0 Å². The summed E-state index contributed by atoms with van der Waals surface area (Å²) in [7, 11) is 0. The van der Waals surface area contributed by atoms with Crippen LogP contribution < -0.4 is 15.7 Å². The van der Waals surface area contributed by atoms with Crippen LogP contribution in [-0.4, -0.2) is 28.2 Å². The molecule has 19 heavy (non-hydrogen) atoms. The molecule has 0 bridgehead atoms. The van der Waals surface area contributed by atoms with Crippen LogP contribution in [0, 0.1) is 5.92 Å². The molecule has 1 aliphatic rings. The Kier molecular flexibility index (Phi) is 4.38. The molecule has 2 N–H and O–H groups in total. The minimum atomic E-state index is 0. The number of anilines is 2. The van der Waals surface area contributed by atoms with E-state index in [1.807, 2.05) is 0 Å². The Labute approximate surface area is 125 Å². The van der Waals surface area contributed by atoms with Gasteiger partial charge in [0.05, 0.1) is 0 Å². The second-order valence-electron chi connectivity index (χ2n) is 5.03. The largest absolute Gasteiger partial charge is 0.403 e. The zero-order valence-corrected chi connectivity index (χ0v) is 13.6. The van der Waals surface area contributed by atoms with Crippen LogP contribution in [0.3, 0.4) is 0 Å². The number of nitrogen functional groups attached to an aromatic ring is 1. The third-order valence-corrected chi connectivity index (χ3v) is 3.47. The fraction of sp³-hybridized carbons (Fsp3) is 0.583. The number of fused-ring (bicyclic) bond motifs is 1. The van der Waals surface area contributed by atoms with Gasteiger partial charge in [-0.2, -0.15) is 0 Å². The summed E-state index contributed by atoms with van der Waals surface area (Å²) in [6.07, 6.45) is 5.47. The van der Waals surface area contributed by atoms with Gasteiger partial charge in [-0.25, -0.2) is 4.98 Å². The molecular formula is C12H17N6Re-. The molecule has 2 aromatic rings. The number of hydrogen-bond acceptors (Lipinski definition) is 5. The number of aromatic nitrogens is 4. The Balaban J connectivity index is 0.00000133. The molecule has 1 aliphatic heterocycles. The number of nitrogens with two attached hydrogens (primary N) is 1. The van der Waals surface area contributed by atoms with Crippen molar-refractivity contribution in [2.24, 2.45) is 5.92 Å². The van der Waals surface area contributed by atoms with E-state index < -0.39 is 0 Å². The van der Waals surface area contributed by atoms with Crippen LogP contribution in [0.15, 0.2) is 6.20 Å². The molecule has 3 heterocycles. The Hall–Kier alpha value is -1.19. The summed E-state index contributed by atoms with van der Waals surface area (Å²) in [5, 5.41) is 8.78. The summed E-state index contributed by atoms with van der Waals surface area (Å²) < 4.78 is 0. The fourth-order valence-corrected chi connectivity index (χ4v) is 2.58. The van der Waals surface area contributed by atoms with Gasteiger partial charge < -0.3 is 20.7 Å². The predicted octanol–water partition coefficient (Wildman–Crippen LogP) is 1.19. The summed E-state index contributed by atoms with van der Waals surface area (Å²) >= 11 is 0. The Bertz CT molecular complexity index is 554. The van der Waals surface area contributed by atoms with E-state index in [1.165, 1.54) is 19.3 Å². The Morgan fingerprint density at radius 3 is 3.05 bits per heavy atom. The van der Waals surface area contributed by atoms with Gasteiger partial charge in [0.2, 0.25) is 0 Å². The van der Waals surface area contributed by atoms with Crippen molar-refractivity contribution in [2.45, 2.75) is 26.2 Å². The smallest absolute Gasteiger partial charge is 0.139 e. The van der Waals surface area contributed by atoms with Gasteiger partial charge in [0.1, 0.15) is 11.8 Å². The SMILES string of the molecule is CC1CCCCN(c2nc(N)nc3[n-]ncc23)C1.[Re]. The first-order valence-electron chi connectivity index (χ1n) is 6.40. The van der Waals surface area contributed by atoms with Crippen LogP contribution in [0.5, 0.6) is 0 Å². The summed E-state index contributed by atoms with van der Waals surface area (Å²) in [5.41, 5.74) is 6.34. The standard InChI is InChI=1S/C12H17N6.Re/c1-8-4-2-3-5-18(7-8)11-9-6-14-17-10(9)15-12(13)16-11;/h6,8H,2-5,7H2,1H3,(H2-,13,14,15,16,17);/q-1;. The van der Waals surface area contributed by atoms with Crippen molar-refractivity contribution in [1.29, 1.82) is 0 Å². The minimum absolute atomic E-state index is 0. The first-order valence-corrected chi connectivity index (χ1v) is 6.40. The monoisotopic (exact) mass is 432 g/mol. The molecule has 2 aromatic heterocycles. The number of nitrogens with zero attached hydrogens (tertiary/aromatic N) is 5. The van der Waals surface area contributed by atoms with Gasteiger partial charge >= 0.3 is 0 Å². The van der Waals surface area contributed by atoms with Crippen molar-refractivity contribution in [3.8, 4) is 0 Å². The molecule has 0 aliphatic carbocycles. The third-order valence-electron chi connectivity index (χ3n) is 3.47. The van der Waals surface area contributed by atoms with Crippen molar-refractivity contribution in [3.05, 3.63) is 6.20 Å². The normalized spacial score (nSPS) is 20.1. The molecule has 0 spiro atoms. The van der Waals surface area contributed by atoms with Crippen molar-refractivity contribution >= 4 is 22.8 Å². The molecule has 6 nitrogen and oxygen atoms in total. The molecule has 103 valence electrons. The van der Waals surface area contributed by atoms with Crippen LogP contribution in [-0.2, 0) is 20.4 Å². The summed E-state index contributed by atoms with van der Waals surface area (Å²) in [5.74, 6) is 1.83. The van der Waals surface area contributed by atoms with Crippen LogP contribution in [0.1, 0.15) is 26.2 Å². The van der Waals surface area contributed by atoms with Crippen LogP contribution in [0.25, 0.3) is 11.0 Å². The Morgan fingerprint density at radius 2 is 2.21 bits per heavy atom. The van der Waals surface area contributed by atoms with E-state index >= 15 is 0 Å². The average Bonchev–Trinajstić information content (AvgIpc) is 2.69. The Morgan fingerprint density at radius 1 is 1.37 bits per heavy atom. The second kappa shape index (κ2) is 5.85. The zero-order valence-electron chi connectivity index (χ0n) is 10.9. The average molecular weight is 432 g/mol. The molecule has 1 saturated heterocycles. The van der Waals surface area contributed by atoms with Gasteiger partial charge in [0, 0.05) is 45.1 Å². The van der Waals surface area contributed by atoms with E-state index in [0.29, 0.717) is 11.6 Å². The van der Waals surface area contributed by atoms with Gasteiger partial charge in [-0.15, -0.1) is 0 Å². The molecule has 1 atom stereocenters. The van der Waals surface area contributed by atoms with Gasteiger partial charge in [-0.05, 0) is 24.4 Å². The zero-order chi connectivity index (χ0) is 12.5. The second-order valence-corrected chi connectivity index (χ2v) is 5.03. The van der Waals surface area contributed by atoms with Gasteiger partial charge in [0.15, 0.2) is 0 Å². The molecule has 1 fully saturated rings. The van der Waals surface area contributed by atoms with Crippen LogP contribution in [0.2, 0.25) is 0 Å². The molecule has 0 saturated carbocycles. The van der Waals surface area contributed by atoms with E-state index in [1.54, 1.807) is 6.20 Å². The minimum Gasteiger partial charge on any atom is -0.403 e. The summed E-state index contributed by atoms with van der Waals surface area (Å²) in [6.45, 7) is 4.30. The number of rotatable bonds is 1. The van der Waals surface area contributed by atoms with Crippen molar-refractivity contribution in [3.63, 3.8) is 0 Å². The summed E-state index contributed by atoms with van der Waals surface area (Å²) in [6, 6.07) is 0. The topological polar surface area (TPSA) is 82.0 Å². The van der Waals surface area contributed by atoms with Gasteiger partial charge in [-0.1, -0.05) is 13.3 Å². The molecule has 0 aromatic carbocycles. The van der Waals surface area contributed by atoms with Gasteiger partial charge in [-0.3, -0.25) is 5.10 Å². The van der Waals surface area contributed by atoms with Crippen molar-refractivity contribution in [1.82, 2.24) is 20.2 Å². The predicted molar refractivity (Wildman–Crippen MR) is 70.3 cm³/mol. The van der Waals surface area contributed by atoms with E-state index in [4.69, 9.17) is 5.73 Å². The molecule has 7 heteroatoms. The maximum Gasteiger partial charge on any atom is 0.139 e. The molecular weight excluding hydrogens is 414 g/mol. The van der Waals surface area contributed by atoms with E-state index in [9.17, 15) is 0 Å². The van der Waals surface area contributed by atoms with Crippen LogP contribution in [0.4, 0.5) is 11.8 Å². The fourth-order valence-electron chi connectivity index (χ4n) is 2.58. The third kappa shape index (κ3) is 2.88. The maximum absolute atomic E-state index is 5.75. The van der Waals surface area contributed by atoms with Crippen molar-refractivity contribution in [2.75, 3.05) is 23.7 Å². The van der Waals surface area contributed by atoms with Crippen molar-refractivity contribution < 1.29 is 20.4 Å². The maximum atomic E-state index is 5.75. The first kappa shape index (κ1) is 14.2. The molecule has 1 unspecified atom stereocenters. The molecule has 3 rings (SSSR count). The van der Waals surface area contributed by atoms with E-state index in [0.717, 1.165) is 24.3 Å².